The summed E-state index contributed by atoms with van der Waals surface area (Å²) < 4.78 is 58.0. The number of rotatable bonds is 6. The van der Waals surface area contributed by atoms with Crippen LogP contribution in [-0.2, 0) is 4.74 Å². The van der Waals surface area contributed by atoms with E-state index in [9.17, 15) is 13.9 Å². The van der Waals surface area contributed by atoms with Crippen molar-refractivity contribution < 1.29 is 27.8 Å². The predicted octanol–water partition coefficient (Wildman–Crippen LogP) is 5.14. The van der Waals surface area contributed by atoms with Crippen molar-refractivity contribution in [1.82, 2.24) is 19.9 Å². The van der Waals surface area contributed by atoms with E-state index in [1.165, 1.54) is 30.5 Å². The molecule has 46 heavy (non-hydrogen) atoms. The summed E-state index contributed by atoms with van der Waals surface area (Å²) in [6.45, 7) is 10.5. The van der Waals surface area contributed by atoms with Crippen molar-refractivity contribution in [2.24, 2.45) is 5.92 Å². The molecule has 2 aromatic heterocycles. The standard InChI is InChI=1S/C34H31F3N6O3/c1-3-24-27(36)6-5-21-11-23(44)12-25(28(21)24)30-29(37)31-26(15-39-30)32(42-9-10-45-18-20(16-42)14-38-2)41-33(40-31)46-19-34-7-4-8-43(34)17-22(35)13-34/h1,5-6,11-12,15,20,22,44H,4,7-10,13-14,16-19H2/t20-,22+,34?/m0/s1. The van der Waals surface area contributed by atoms with Crippen LogP contribution in [0.3, 0.4) is 0 Å². The van der Waals surface area contributed by atoms with E-state index in [-0.39, 0.29) is 58.6 Å². The Hall–Kier alpha value is -4.65. The molecular weight excluding hydrogens is 597 g/mol. The van der Waals surface area contributed by atoms with Crippen LogP contribution < -0.4 is 9.64 Å². The molecule has 9 nitrogen and oxygen atoms in total. The zero-order valence-corrected chi connectivity index (χ0v) is 25.0. The fraction of sp³-hybridized carbons (Fsp3) is 0.412. The second-order valence-corrected chi connectivity index (χ2v) is 12.3. The Balaban J connectivity index is 1.38. The highest BCUT2D eigenvalue weighted by Gasteiger charge is 2.49. The number of aromatic hydroxyl groups is 1. The number of benzene rings is 2. The Morgan fingerprint density at radius 3 is 2.91 bits per heavy atom. The fourth-order valence-corrected chi connectivity index (χ4v) is 7.23. The van der Waals surface area contributed by atoms with Gasteiger partial charge in [0.05, 0.1) is 35.6 Å². The number of hydrogen-bond acceptors (Lipinski definition) is 8. The van der Waals surface area contributed by atoms with Gasteiger partial charge in [-0.2, -0.15) is 9.97 Å². The number of anilines is 1. The molecule has 3 aliphatic heterocycles. The molecule has 0 saturated carbocycles. The van der Waals surface area contributed by atoms with E-state index < -0.39 is 23.3 Å². The Labute approximate surface area is 263 Å². The zero-order valence-electron chi connectivity index (χ0n) is 25.0. The van der Waals surface area contributed by atoms with E-state index >= 15 is 4.39 Å². The van der Waals surface area contributed by atoms with Crippen LogP contribution in [0, 0.1) is 36.5 Å². The smallest absolute Gasteiger partial charge is 0.319 e. The lowest BCUT2D eigenvalue weighted by atomic mass is 9.95. The number of hydrogen-bond donors (Lipinski definition) is 1. The third kappa shape index (κ3) is 5.21. The van der Waals surface area contributed by atoms with Gasteiger partial charge in [-0.05, 0) is 43.0 Å². The SMILES string of the molecule is [C-]#[N+]C[C@@H]1COCCN(c2nc(OCC34CCCN3C[C@H](F)C4)nc3c(F)c(-c4cc(O)cc5ccc(F)c(C#C)c45)ncc23)C1. The van der Waals surface area contributed by atoms with Crippen LogP contribution in [0.25, 0.3) is 37.8 Å². The zero-order chi connectivity index (χ0) is 32.0. The van der Waals surface area contributed by atoms with Crippen LogP contribution in [0.2, 0.25) is 0 Å². The van der Waals surface area contributed by atoms with E-state index in [0.29, 0.717) is 55.9 Å². The molecule has 0 aliphatic carbocycles. The van der Waals surface area contributed by atoms with Crippen LogP contribution in [-0.4, -0.2) is 89.2 Å². The summed E-state index contributed by atoms with van der Waals surface area (Å²) in [6, 6.07) is 5.28. The number of aromatic nitrogens is 3. The summed E-state index contributed by atoms with van der Waals surface area (Å²) in [5, 5.41) is 11.5. The van der Waals surface area contributed by atoms with Gasteiger partial charge in [0.15, 0.2) is 5.82 Å². The Kier molecular flexibility index (Phi) is 7.79. The monoisotopic (exact) mass is 628 g/mol. The van der Waals surface area contributed by atoms with E-state index in [2.05, 4.69) is 25.6 Å². The van der Waals surface area contributed by atoms with Crippen molar-refractivity contribution >= 4 is 27.5 Å². The van der Waals surface area contributed by atoms with E-state index in [4.69, 9.17) is 27.5 Å². The van der Waals surface area contributed by atoms with Crippen molar-refractivity contribution in [1.29, 1.82) is 0 Å². The second kappa shape index (κ2) is 11.9. The highest BCUT2D eigenvalue weighted by atomic mass is 19.1. The Morgan fingerprint density at radius 2 is 2.09 bits per heavy atom. The van der Waals surface area contributed by atoms with Crippen molar-refractivity contribution in [3.8, 4) is 35.4 Å². The first kappa shape index (κ1) is 30.0. The van der Waals surface area contributed by atoms with Crippen molar-refractivity contribution in [2.45, 2.75) is 31.0 Å². The first-order valence-corrected chi connectivity index (χ1v) is 15.3. The summed E-state index contributed by atoms with van der Waals surface area (Å²) in [5.74, 6) is 0.936. The minimum Gasteiger partial charge on any atom is -0.508 e. The lowest BCUT2D eigenvalue weighted by Crippen LogP contribution is -2.43. The third-order valence-electron chi connectivity index (χ3n) is 9.31. The Morgan fingerprint density at radius 1 is 1.22 bits per heavy atom. The molecule has 1 unspecified atom stereocenters. The van der Waals surface area contributed by atoms with Gasteiger partial charge in [0.2, 0.25) is 6.54 Å². The molecule has 1 N–H and O–H groups in total. The van der Waals surface area contributed by atoms with Crippen LogP contribution in [0.4, 0.5) is 19.0 Å². The molecule has 7 rings (SSSR count). The molecule has 0 amide bonds. The number of alkyl halides is 1. The number of phenolic OH excluding ortho intramolecular Hbond substituents is 1. The number of phenols is 1. The van der Waals surface area contributed by atoms with Crippen LogP contribution in [0.15, 0.2) is 30.5 Å². The van der Waals surface area contributed by atoms with Gasteiger partial charge in [-0.1, -0.05) is 12.0 Å². The number of ether oxygens (including phenoxy) is 2. The molecule has 3 fully saturated rings. The van der Waals surface area contributed by atoms with Crippen molar-refractivity contribution in [2.75, 3.05) is 57.4 Å². The van der Waals surface area contributed by atoms with Gasteiger partial charge in [-0.25, -0.2) is 19.7 Å². The van der Waals surface area contributed by atoms with Gasteiger partial charge in [0, 0.05) is 43.2 Å². The van der Waals surface area contributed by atoms with E-state index in [0.717, 1.165) is 19.4 Å². The molecule has 3 saturated heterocycles. The minimum atomic E-state index is -0.950. The quantitative estimate of drug-likeness (QED) is 0.232. The van der Waals surface area contributed by atoms with Crippen molar-refractivity contribution in [3.63, 3.8) is 0 Å². The normalized spacial score (nSPS) is 23.3. The number of halogens is 3. The maximum atomic E-state index is 16.8. The molecule has 236 valence electrons. The van der Waals surface area contributed by atoms with E-state index in [1.807, 2.05) is 4.90 Å². The second-order valence-electron chi connectivity index (χ2n) is 12.3. The molecule has 12 heteroatoms. The van der Waals surface area contributed by atoms with Gasteiger partial charge < -0.3 is 24.3 Å². The van der Waals surface area contributed by atoms with Crippen molar-refractivity contribution in [3.05, 3.63) is 59.1 Å². The summed E-state index contributed by atoms with van der Waals surface area (Å²) in [7, 11) is 0. The van der Waals surface area contributed by atoms with E-state index in [1.54, 1.807) is 0 Å². The highest BCUT2D eigenvalue weighted by molar-refractivity contribution is 6.03. The fourth-order valence-electron chi connectivity index (χ4n) is 7.23. The molecule has 0 bridgehead atoms. The summed E-state index contributed by atoms with van der Waals surface area (Å²) in [5.41, 5.74) is -0.743. The lowest BCUT2D eigenvalue weighted by molar-refractivity contribution is 0.107. The van der Waals surface area contributed by atoms with Gasteiger partial charge in [-0.15, -0.1) is 6.42 Å². The van der Waals surface area contributed by atoms with Crippen LogP contribution in [0.1, 0.15) is 24.8 Å². The molecule has 5 heterocycles. The van der Waals surface area contributed by atoms with Gasteiger partial charge >= 0.3 is 6.01 Å². The Bertz CT molecular complexity index is 1930. The molecule has 3 aliphatic rings. The molecule has 4 aromatic rings. The molecule has 3 atom stereocenters. The largest absolute Gasteiger partial charge is 0.508 e. The minimum absolute atomic E-state index is 0.0786. The molecular formula is C34H31F3N6O3. The topological polar surface area (TPSA) is 88.2 Å². The lowest BCUT2D eigenvalue weighted by Gasteiger charge is -2.31. The molecule has 2 aromatic carbocycles. The maximum absolute atomic E-state index is 16.8. The first-order valence-electron chi connectivity index (χ1n) is 15.3. The predicted molar refractivity (Wildman–Crippen MR) is 166 cm³/mol. The van der Waals surface area contributed by atoms with Crippen LogP contribution >= 0.6 is 0 Å². The van der Waals surface area contributed by atoms with Gasteiger partial charge in [0.25, 0.3) is 0 Å². The average Bonchev–Trinajstić information content (AvgIpc) is 3.46. The average molecular weight is 629 g/mol. The van der Waals surface area contributed by atoms with Gasteiger partial charge in [0.1, 0.15) is 41.4 Å². The number of pyridine rings is 1. The number of terminal acetylenes is 1. The summed E-state index contributed by atoms with van der Waals surface area (Å²) in [4.78, 5) is 21.2. The van der Waals surface area contributed by atoms with Crippen LogP contribution in [0.5, 0.6) is 11.8 Å². The number of nitrogens with zero attached hydrogens (tertiary/aromatic N) is 6. The molecule has 0 radical (unpaired) electrons. The highest BCUT2D eigenvalue weighted by Crippen LogP contribution is 2.42. The molecule has 0 spiro atoms. The summed E-state index contributed by atoms with van der Waals surface area (Å²) in [6.07, 6.45) is 8.20. The maximum Gasteiger partial charge on any atom is 0.319 e. The van der Waals surface area contributed by atoms with Gasteiger partial charge in [-0.3, -0.25) is 9.88 Å². The number of fused-ring (bicyclic) bond motifs is 3. The summed E-state index contributed by atoms with van der Waals surface area (Å²) >= 11 is 0. The first-order chi connectivity index (χ1) is 22.3. The third-order valence-corrected chi connectivity index (χ3v) is 9.31.